The molecule has 21 heavy (non-hydrogen) atoms. The molecule has 1 saturated heterocycles. The van der Waals surface area contributed by atoms with Crippen molar-refractivity contribution in [3.8, 4) is 12.3 Å². The van der Waals surface area contributed by atoms with E-state index in [9.17, 15) is 18.3 Å². The van der Waals surface area contributed by atoms with Crippen molar-refractivity contribution in [2.75, 3.05) is 12.3 Å². The zero-order chi connectivity index (χ0) is 16.0. The van der Waals surface area contributed by atoms with Crippen molar-refractivity contribution < 1.29 is 28.1 Å². The number of hydrogen-bond acceptors (Lipinski definition) is 6. The average Bonchev–Trinajstić information content (AvgIpc) is 2.66. The van der Waals surface area contributed by atoms with Gasteiger partial charge in [0.05, 0.1) is 0 Å². The van der Waals surface area contributed by atoms with Gasteiger partial charge in [-0.25, -0.2) is 13.2 Å². The first-order valence-electron chi connectivity index (χ1n) is 5.56. The lowest BCUT2D eigenvalue weighted by Crippen LogP contribution is -2.47. The highest BCUT2D eigenvalue weighted by molar-refractivity contribution is 7.71. The average molecular weight is 321 g/mol. The van der Waals surface area contributed by atoms with E-state index in [2.05, 4.69) is 9.72 Å². The van der Waals surface area contributed by atoms with Crippen LogP contribution in [-0.4, -0.2) is 44.0 Å². The second-order valence-corrected chi connectivity index (χ2v) is 4.76. The van der Waals surface area contributed by atoms with E-state index >= 15 is 0 Å². The lowest BCUT2D eigenvalue weighted by molar-refractivity contribution is -0.207. The quantitative estimate of drug-likeness (QED) is 0.533. The normalized spacial score (nSPS) is 35.6. The maximum Gasteiger partial charge on any atom is 0.264 e. The molecule has 0 amide bonds. The standard InChI is InChI=1S/C11H10F3N3O3S/c1-2-10(13)7(19)11(14,4-18)20-8(10)17-3-5(12)6(15)16-9(17)21/h1,3,7-8,18-19H,4H2,(H2,15,16,21)/t7-,8-,10?,11-/m1/s1. The fraction of sp³-hybridized carbons (Fsp3) is 0.455. The van der Waals surface area contributed by atoms with Crippen molar-refractivity contribution in [2.45, 2.75) is 23.9 Å². The van der Waals surface area contributed by atoms with Crippen LogP contribution in [0.15, 0.2) is 6.20 Å². The highest BCUT2D eigenvalue weighted by Crippen LogP contribution is 2.47. The number of nitrogens with zero attached hydrogens (tertiary/aromatic N) is 2. The predicted octanol–water partition coefficient (Wildman–Crippen LogP) is 0.223. The molecule has 0 saturated carbocycles. The van der Waals surface area contributed by atoms with Gasteiger partial charge in [0.1, 0.15) is 6.61 Å². The SMILES string of the molecule is C#CC1(F)[C@@H](O)[C@@](F)(CO)O[C@H]1n1cc(F)c(N)nc1=S. The summed E-state index contributed by atoms with van der Waals surface area (Å²) >= 11 is 4.76. The Kier molecular flexibility index (Phi) is 3.71. The van der Waals surface area contributed by atoms with Gasteiger partial charge in [0, 0.05) is 6.20 Å². The number of hydrogen-bond donors (Lipinski definition) is 3. The molecule has 0 aromatic carbocycles. The van der Waals surface area contributed by atoms with Crippen molar-refractivity contribution in [3.05, 3.63) is 16.8 Å². The Balaban J connectivity index is 2.61. The number of halogens is 3. The van der Waals surface area contributed by atoms with E-state index < -0.39 is 46.9 Å². The number of aliphatic hydroxyl groups excluding tert-OH is 2. The summed E-state index contributed by atoms with van der Waals surface area (Å²) in [7, 11) is 0. The molecule has 10 heteroatoms. The molecule has 6 nitrogen and oxygen atoms in total. The number of alkyl halides is 2. The summed E-state index contributed by atoms with van der Waals surface area (Å²) < 4.78 is 47.0. The van der Waals surface area contributed by atoms with Crippen LogP contribution < -0.4 is 5.73 Å². The first-order chi connectivity index (χ1) is 9.69. The first-order valence-corrected chi connectivity index (χ1v) is 5.97. The Morgan fingerprint density at radius 1 is 1.62 bits per heavy atom. The maximum atomic E-state index is 14.7. The van der Waals surface area contributed by atoms with Crippen LogP contribution in [0.3, 0.4) is 0 Å². The monoisotopic (exact) mass is 321 g/mol. The Bertz CT molecular complexity index is 679. The van der Waals surface area contributed by atoms with Gasteiger partial charge in [-0.3, -0.25) is 4.57 Å². The molecule has 0 spiro atoms. The molecule has 0 radical (unpaired) electrons. The summed E-state index contributed by atoms with van der Waals surface area (Å²) in [6, 6.07) is 0. The van der Waals surface area contributed by atoms with Crippen LogP contribution in [0.2, 0.25) is 0 Å². The lowest BCUT2D eigenvalue weighted by atomic mass is 9.96. The molecule has 1 fully saturated rings. The van der Waals surface area contributed by atoms with Crippen molar-refractivity contribution in [1.29, 1.82) is 0 Å². The molecule has 2 heterocycles. The Morgan fingerprint density at radius 2 is 2.24 bits per heavy atom. The number of rotatable bonds is 2. The van der Waals surface area contributed by atoms with Crippen LogP contribution in [0, 0.1) is 22.9 Å². The topological polar surface area (TPSA) is 93.5 Å². The summed E-state index contributed by atoms with van der Waals surface area (Å²) in [6.45, 7) is -1.36. The van der Waals surface area contributed by atoms with Crippen molar-refractivity contribution in [2.24, 2.45) is 0 Å². The fourth-order valence-corrected chi connectivity index (χ4v) is 2.19. The summed E-state index contributed by atoms with van der Waals surface area (Å²) in [4.78, 5) is 3.41. The van der Waals surface area contributed by atoms with Gasteiger partial charge in [-0.2, -0.15) is 4.98 Å². The highest BCUT2D eigenvalue weighted by atomic mass is 32.1. The second kappa shape index (κ2) is 4.96. The second-order valence-electron chi connectivity index (χ2n) is 4.39. The molecule has 1 aromatic rings. The van der Waals surface area contributed by atoms with Gasteiger partial charge in [-0.05, 0) is 12.2 Å². The van der Waals surface area contributed by atoms with Gasteiger partial charge in [0.2, 0.25) is 10.4 Å². The minimum absolute atomic E-state index is 0.439. The van der Waals surface area contributed by atoms with Gasteiger partial charge >= 0.3 is 0 Å². The van der Waals surface area contributed by atoms with E-state index in [0.717, 1.165) is 0 Å². The minimum Gasteiger partial charge on any atom is -0.390 e. The van der Waals surface area contributed by atoms with E-state index in [-0.39, 0.29) is 0 Å². The summed E-state index contributed by atoms with van der Waals surface area (Å²) in [5.74, 6) is -3.24. The molecule has 4 N–H and O–H groups in total. The molecule has 1 aliphatic heterocycles. The van der Waals surface area contributed by atoms with Crippen LogP contribution in [0.4, 0.5) is 19.0 Å². The number of anilines is 1. The number of aliphatic hydroxyl groups is 2. The van der Waals surface area contributed by atoms with E-state index in [1.54, 1.807) is 5.92 Å². The minimum atomic E-state index is -3.17. The third kappa shape index (κ3) is 2.18. The molecule has 0 bridgehead atoms. The summed E-state index contributed by atoms with van der Waals surface area (Å²) in [5, 5.41) is 18.6. The molecule has 4 atom stereocenters. The zero-order valence-electron chi connectivity index (χ0n) is 10.3. The van der Waals surface area contributed by atoms with Crippen LogP contribution in [0.25, 0.3) is 0 Å². The summed E-state index contributed by atoms with van der Waals surface area (Å²) in [5.41, 5.74) is 2.09. The van der Waals surface area contributed by atoms with Gasteiger partial charge in [0.25, 0.3) is 5.85 Å². The Hall–Kier alpha value is -1.67. The molecular formula is C11H10F3N3O3S. The van der Waals surface area contributed by atoms with Crippen LogP contribution >= 0.6 is 12.2 Å². The van der Waals surface area contributed by atoms with E-state index in [1.165, 1.54) is 0 Å². The molecule has 1 unspecified atom stereocenters. The first kappa shape index (κ1) is 15.7. The van der Waals surface area contributed by atoms with Gasteiger partial charge in [-0.15, -0.1) is 6.42 Å². The molecule has 0 aliphatic carbocycles. The van der Waals surface area contributed by atoms with E-state index in [0.29, 0.717) is 10.8 Å². The van der Waals surface area contributed by atoms with Gasteiger partial charge < -0.3 is 20.7 Å². The largest absolute Gasteiger partial charge is 0.390 e. The van der Waals surface area contributed by atoms with Crippen LogP contribution in [0.1, 0.15) is 6.23 Å². The number of terminal acetylenes is 1. The van der Waals surface area contributed by atoms with Gasteiger partial charge in [-0.1, -0.05) is 5.92 Å². The van der Waals surface area contributed by atoms with Crippen molar-refractivity contribution >= 4 is 18.0 Å². The van der Waals surface area contributed by atoms with E-state index in [4.69, 9.17) is 29.5 Å². The number of ether oxygens (including phenoxy) is 1. The zero-order valence-corrected chi connectivity index (χ0v) is 11.1. The third-order valence-corrected chi connectivity index (χ3v) is 3.40. The van der Waals surface area contributed by atoms with Gasteiger partial charge in [0.15, 0.2) is 24.0 Å². The number of aromatic nitrogens is 2. The fourth-order valence-electron chi connectivity index (χ4n) is 1.94. The van der Waals surface area contributed by atoms with Crippen molar-refractivity contribution in [3.63, 3.8) is 0 Å². The Morgan fingerprint density at radius 3 is 2.76 bits per heavy atom. The molecule has 2 rings (SSSR count). The van der Waals surface area contributed by atoms with Crippen LogP contribution in [-0.2, 0) is 4.74 Å². The molecule has 114 valence electrons. The van der Waals surface area contributed by atoms with Crippen LogP contribution in [0.5, 0.6) is 0 Å². The summed E-state index contributed by atoms with van der Waals surface area (Å²) in [6.07, 6.45) is 1.07. The molecule has 1 aliphatic rings. The van der Waals surface area contributed by atoms with Crippen molar-refractivity contribution in [1.82, 2.24) is 9.55 Å². The number of nitrogen functional groups attached to an aromatic ring is 1. The maximum absolute atomic E-state index is 14.7. The Labute approximate surface area is 122 Å². The van der Waals surface area contributed by atoms with E-state index in [1.807, 2.05) is 0 Å². The number of nitrogens with two attached hydrogens (primary N) is 1. The predicted molar refractivity (Wildman–Crippen MR) is 67.2 cm³/mol. The smallest absolute Gasteiger partial charge is 0.264 e. The third-order valence-electron chi connectivity index (χ3n) is 3.10. The molecular weight excluding hydrogens is 311 g/mol. The molecule has 1 aromatic heterocycles. The highest BCUT2D eigenvalue weighted by Gasteiger charge is 2.66. The lowest BCUT2D eigenvalue weighted by Gasteiger charge is -2.24.